The van der Waals surface area contributed by atoms with Crippen molar-refractivity contribution < 1.29 is 0 Å². The van der Waals surface area contributed by atoms with E-state index in [4.69, 9.17) is 5.73 Å². The molecule has 2 N–H and O–H groups in total. The Morgan fingerprint density at radius 1 is 1.42 bits per heavy atom. The average Bonchev–Trinajstić information content (AvgIpc) is 2.86. The van der Waals surface area contributed by atoms with Gasteiger partial charge in [-0.25, -0.2) is 0 Å². The van der Waals surface area contributed by atoms with Crippen LogP contribution in [0.3, 0.4) is 0 Å². The van der Waals surface area contributed by atoms with Gasteiger partial charge in [-0.15, -0.1) is 0 Å². The highest BCUT2D eigenvalue weighted by Gasteiger charge is 2.29. The molecule has 4 nitrogen and oxygen atoms in total. The van der Waals surface area contributed by atoms with E-state index in [1.54, 1.807) is 0 Å². The topological polar surface area (TPSA) is 47.1 Å². The third-order valence-electron chi connectivity index (χ3n) is 4.53. The lowest BCUT2D eigenvalue weighted by atomic mass is 9.90. The van der Waals surface area contributed by atoms with E-state index in [0.29, 0.717) is 12.1 Å². The maximum Gasteiger partial charge on any atom is 0.0538 e. The number of hydrogen-bond acceptors (Lipinski definition) is 3. The number of aromatic nitrogens is 2. The summed E-state index contributed by atoms with van der Waals surface area (Å²) >= 11 is 0. The SMILES string of the molecule is CCC(N)C(c1cnn(C)c1)N(C)C1CCCCC1. The first-order valence-electron chi connectivity index (χ1n) is 7.59. The van der Waals surface area contributed by atoms with Gasteiger partial charge in [0.15, 0.2) is 0 Å². The minimum atomic E-state index is 0.177. The highest BCUT2D eigenvalue weighted by molar-refractivity contribution is 5.13. The summed E-state index contributed by atoms with van der Waals surface area (Å²) in [6.45, 7) is 2.17. The second kappa shape index (κ2) is 6.53. The number of likely N-dealkylation sites (N-methyl/N-ethyl adjacent to an activating group) is 1. The molecule has 2 unspecified atom stereocenters. The molecule has 0 saturated heterocycles. The van der Waals surface area contributed by atoms with Gasteiger partial charge in [-0.1, -0.05) is 26.2 Å². The van der Waals surface area contributed by atoms with Crippen LogP contribution in [0.4, 0.5) is 0 Å². The first-order valence-corrected chi connectivity index (χ1v) is 7.59. The predicted molar refractivity (Wildman–Crippen MR) is 78.9 cm³/mol. The van der Waals surface area contributed by atoms with Gasteiger partial charge in [0.25, 0.3) is 0 Å². The van der Waals surface area contributed by atoms with Gasteiger partial charge in [-0.2, -0.15) is 5.10 Å². The van der Waals surface area contributed by atoms with E-state index in [2.05, 4.69) is 30.2 Å². The second-order valence-corrected chi connectivity index (χ2v) is 5.92. The molecular formula is C15H28N4. The maximum absolute atomic E-state index is 6.39. The molecule has 1 aromatic rings. The minimum absolute atomic E-state index is 0.177. The van der Waals surface area contributed by atoms with Gasteiger partial charge in [0.1, 0.15) is 0 Å². The molecule has 1 heterocycles. The molecule has 1 aliphatic rings. The van der Waals surface area contributed by atoms with Crippen molar-refractivity contribution in [3.63, 3.8) is 0 Å². The maximum atomic E-state index is 6.39. The number of hydrogen-bond donors (Lipinski definition) is 1. The van der Waals surface area contributed by atoms with Crippen LogP contribution < -0.4 is 5.73 Å². The lowest BCUT2D eigenvalue weighted by Gasteiger charge is -2.39. The van der Waals surface area contributed by atoms with Gasteiger partial charge in [0.2, 0.25) is 0 Å². The van der Waals surface area contributed by atoms with Crippen LogP contribution in [0.25, 0.3) is 0 Å². The third kappa shape index (κ3) is 3.37. The molecule has 0 amide bonds. The smallest absolute Gasteiger partial charge is 0.0538 e. The number of nitrogens with two attached hydrogens (primary N) is 1. The van der Waals surface area contributed by atoms with Crippen molar-refractivity contribution in [2.45, 2.75) is 63.6 Å². The standard InChI is InChI=1S/C15H28N4/c1-4-14(16)15(12-10-17-18(2)11-12)19(3)13-8-6-5-7-9-13/h10-11,13-15H,4-9,16H2,1-3H3. The summed E-state index contributed by atoms with van der Waals surface area (Å²) in [6.07, 6.45) is 11.8. The van der Waals surface area contributed by atoms with Gasteiger partial charge >= 0.3 is 0 Å². The summed E-state index contributed by atoms with van der Waals surface area (Å²) in [5.74, 6) is 0. The summed E-state index contributed by atoms with van der Waals surface area (Å²) in [5.41, 5.74) is 7.64. The van der Waals surface area contributed by atoms with E-state index in [-0.39, 0.29) is 6.04 Å². The number of nitrogens with zero attached hydrogens (tertiary/aromatic N) is 3. The molecule has 19 heavy (non-hydrogen) atoms. The lowest BCUT2D eigenvalue weighted by molar-refractivity contribution is 0.118. The Morgan fingerprint density at radius 2 is 2.11 bits per heavy atom. The Hall–Kier alpha value is -0.870. The second-order valence-electron chi connectivity index (χ2n) is 5.92. The van der Waals surface area contributed by atoms with Crippen LogP contribution >= 0.6 is 0 Å². The fraction of sp³-hybridized carbons (Fsp3) is 0.800. The fourth-order valence-corrected chi connectivity index (χ4v) is 3.32. The monoisotopic (exact) mass is 264 g/mol. The highest BCUT2D eigenvalue weighted by atomic mass is 15.3. The van der Waals surface area contributed by atoms with E-state index >= 15 is 0 Å². The van der Waals surface area contributed by atoms with Crippen molar-refractivity contribution in [1.29, 1.82) is 0 Å². The van der Waals surface area contributed by atoms with Gasteiger partial charge < -0.3 is 5.73 Å². The summed E-state index contributed by atoms with van der Waals surface area (Å²) in [6, 6.07) is 1.15. The van der Waals surface area contributed by atoms with Crippen molar-refractivity contribution in [2.24, 2.45) is 12.8 Å². The van der Waals surface area contributed by atoms with Crippen molar-refractivity contribution >= 4 is 0 Å². The Balaban J connectivity index is 2.16. The quantitative estimate of drug-likeness (QED) is 0.888. The Bertz CT molecular complexity index is 381. The molecule has 2 rings (SSSR count). The molecule has 0 aromatic carbocycles. The molecule has 0 radical (unpaired) electrons. The molecule has 1 aromatic heterocycles. The first kappa shape index (κ1) is 14.5. The summed E-state index contributed by atoms with van der Waals surface area (Å²) in [5, 5.41) is 4.32. The molecule has 4 heteroatoms. The van der Waals surface area contributed by atoms with Gasteiger partial charge in [0, 0.05) is 30.9 Å². The van der Waals surface area contributed by atoms with Crippen LogP contribution in [0, 0.1) is 0 Å². The largest absolute Gasteiger partial charge is 0.326 e. The first-order chi connectivity index (χ1) is 9.13. The lowest BCUT2D eigenvalue weighted by Crippen LogP contribution is -2.44. The molecule has 1 saturated carbocycles. The third-order valence-corrected chi connectivity index (χ3v) is 4.53. The van der Waals surface area contributed by atoms with Crippen LogP contribution in [0.15, 0.2) is 12.4 Å². The van der Waals surface area contributed by atoms with Crippen molar-refractivity contribution in [2.75, 3.05) is 7.05 Å². The van der Waals surface area contributed by atoms with Crippen molar-refractivity contribution in [3.8, 4) is 0 Å². The van der Waals surface area contributed by atoms with Crippen LogP contribution in [-0.2, 0) is 7.05 Å². The van der Waals surface area contributed by atoms with Crippen LogP contribution in [0.5, 0.6) is 0 Å². The van der Waals surface area contributed by atoms with E-state index in [1.165, 1.54) is 37.7 Å². The predicted octanol–water partition coefficient (Wildman–Crippen LogP) is 2.46. The Morgan fingerprint density at radius 3 is 2.63 bits per heavy atom. The Labute approximate surface area is 117 Å². The van der Waals surface area contributed by atoms with E-state index in [9.17, 15) is 0 Å². The normalized spacial score (nSPS) is 20.7. The average molecular weight is 264 g/mol. The van der Waals surface area contributed by atoms with Crippen LogP contribution in [-0.4, -0.2) is 33.8 Å². The molecule has 2 atom stereocenters. The van der Waals surface area contributed by atoms with E-state index in [1.807, 2.05) is 17.9 Å². The highest BCUT2D eigenvalue weighted by Crippen LogP contribution is 2.31. The molecular weight excluding hydrogens is 236 g/mol. The van der Waals surface area contributed by atoms with Crippen LogP contribution in [0.2, 0.25) is 0 Å². The summed E-state index contributed by atoms with van der Waals surface area (Å²) in [7, 11) is 4.21. The fourth-order valence-electron chi connectivity index (χ4n) is 3.32. The zero-order valence-electron chi connectivity index (χ0n) is 12.5. The molecule has 0 aliphatic heterocycles. The van der Waals surface area contributed by atoms with Gasteiger partial charge in [-0.05, 0) is 26.3 Å². The van der Waals surface area contributed by atoms with Gasteiger partial charge in [-0.3, -0.25) is 9.58 Å². The molecule has 0 spiro atoms. The van der Waals surface area contributed by atoms with Crippen molar-refractivity contribution in [3.05, 3.63) is 18.0 Å². The van der Waals surface area contributed by atoms with E-state index in [0.717, 1.165) is 6.42 Å². The minimum Gasteiger partial charge on any atom is -0.326 e. The Kier molecular flexibility index (Phi) is 4.99. The number of aryl methyl sites for hydroxylation is 1. The zero-order chi connectivity index (χ0) is 13.8. The van der Waals surface area contributed by atoms with Gasteiger partial charge in [0.05, 0.1) is 12.2 Å². The number of rotatable bonds is 5. The van der Waals surface area contributed by atoms with E-state index < -0.39 is 0 Å². The summed E-state index contributed by atoms with van der Waals surface area (Å²) in [4.78, 5) is 2.50. The van der Waals surface area contributed by atoms with Crippen LogP contribution in [0.1, 0.15) is 57.1 Å². The summed E-state index contributed by atoms with van der Waals surface area (Å²) < 4.78 is 1.87. The molecule has 108 valence electrons. The molecule has 1 aliphatic carbocycles. The molecule has 0 bridgehead atoms. The molecule has 1 fully saturated rings. The zero-order valence-corrected chi connectivity index (χ0v) is 12.5. The van der Waals surface area contributed by atoms with Crippen molar-refractivity contribution in [1.82, 2.24) is 14.7 Å².